The van der Waals surface area contributed by atoms with E-state index in [2.05, 4.69) is 0 Å². The fourth-order valence-electron chi connectivity index (χ4n) is 2.20. The van der Waals surface area contributed by atoms with Crippen LogP contribution in [0.25, 0.3) is 0 Å². The normalized spacial score (nSPS) is 12.2. The monoisotopic (exact) mass is 293 g/mol. The lowest BCUT2D eigenvalue weighted by Crippen LogP contribution is -2.14. The van der Waals surface area contributed by atoms with Crippen LogP contribution in [0.5, 0.6) is 5.75 Å². The number of methoxy groups -OCH3 is 1. The maximum Gasteiger partial charge on any atom is 0.168 e. The van der Waals surface area contributed by atoms with Gasteiger partial charge in [0.2, 0.25) is 0 Å². The molecule has 0 bridgehead atoms. The first kappa shape index (κ1) is 14.8. The molecule has 2 aromatic rings. The largest absolute Gasteiger partial charge is 0.494 e. The molecule has 0 amide bonds. The minimum Gasteiger partial charge on any atom is -0.494 e. The Kier molecular flexibility index (Phi) is 4.63. The Hall–Kier alpha value is -1.58. The summed E-state index contributed by atoms with van der Waals surface area (Å²) in [4.78, 5) is 0. The number of rotatable bonds is 4. The first-order valence-corrected chi connectivity index (χ1v) is 6.73. The van der Waals surface area contributed by atoms with Crippen LogP contribution in [-0.4, -0.2) is 7.11 Å². The molecule has 0 aliphatic heterocycles. The van der Waals surface area contributed by atoms with E-state index in [4.69, 9.17) is 22.1 Å². The third-order valence-corrected chi connectivity index (χ3v) is 3.41. The van der Waals surface area contributed by atoms with Crippen LogP contribution in [0.2, 0.25) is 5.02 Å². The molecule has 0 spiro atoms. The van der Waals surface area contributed by atoms with Crippen molar-refractivity contribution in [3.05, 3.63) is 63.9 Å². The molecule has 1 unspecified atom stereocenters. The number of ether oxygens (including phenoxy) is 1. The van der Waals surface area contributed by atoms with Gasteiger partial charge in [-0.25, -0.2) is 4.39 Å². The standard InChI is InChI=1S/C16H17ClFNO/c1-10-6-12(8-13(17)7-10)14(19)9-11-4-3-5-15(20-2)16(11)18/h3-8,14H,9,19H2,1-2H3. The van der Waals surface area contributed by atoms with Gasteiger partial charge in [-0.2, -0.15) is 0 Å². The molecule has 0 fully saturated rings. The van der Waals surface area contributed by atoms with Crippen molar-refractivity contribution in [1.29, 1.82) is 0 Å². The molecule has 0 aliphatic rings. The third-order valence-electron chi connectivity index (χ3n) is 3.20. The molecule has 2 nitrogen and oxygen atoms in total. The number of aryl methyl sites for hydroxylation is 1. The zero-order valence-corrected chi connectivity index (χ0v) is 12.2. The molecule has 0 radical (unpaired) electrons. The molecule has 0 saturated heterocycles. The van der Waals surface area contributed by atoms with Crippen LogP contribution in [0.1, 0.15) is 22.7 Å². The van der Waals surface area contributed by atoms with Crippen LogP contribution in [0.15, 0.2) is 36.4 Å². The van der Waals surface area contributed by atoms with Gasteiger partial charge in [0.25, 0.3) is 0 Å². The molecule has 2 aromatic carbocycles. The van der Waals surface area contributed by atoms with Crippen molar-refractivity contribution < 1.29 is 9.13 Å². The van der Waals surface area contributed by atoms with Gasteiger partial charge in [-0.3, -0.25) is 0 Å². The summed E-state index contributed by atoms with van der Waals surface area (Å²) in [6, 6.07) is 10.4. The van der Waals surface area contributed by atoms with Crippen molar-refractivity contribution in [2.24, 2.45) is 5.73 Å². The smallest absolute Gasteiger partial charge is 0.168 e. The second-order valence-corrected chi connectivity index (χ2v) is 5.24. The average molecular weight is 294 g/mol. The van der Waals surface area contributed by atoms with Gasteiger partial charge in [0, 0.05) is 11.1 Å². The van der Waals surface area contributed by atoms with Crippen LogP contribution < -0.4 is 10.5 Å². The van der Waals surface area contributed by atoms with Crippen LogP contribution in [0, 0.1) is 12.7 Å². The maximum atomic E-state index is 14.1. The fraction of sp³-hybridized carbons (Fsp3) is 0.250. The molecule has 2 N–H and O–H groups in total. The van der Waals surface area contributed by atoms with Gasteiger partial charge in [-0.05, 0) is 48.2 Å². The van der Waals surface area contributed by atoms with Crippen molar-refractivity contribution >= 4 is 11.6 Å². The Bertz CT molecular complexity index is 595. The van der Waals surface area contributed by atoms with Crippen LogP contribution in [-0.2, 0) is 6.42 Å². The topological polar surface area (TPSA) is 35.2 Å². The van der Waals surface area contributed by atoms with Gasteiger partial charge < -0.3 is 10.5 Å². The first-order valence-electron chi connectivity index (χ1n) is 6.35. The first-order chi connectivity index (χ1) is 9.51. The van der Waals surface area contributed by atoms with E-state index >= 15 is 0 Å². The number of halogens is 2. The summed E-state index contributed by atoms with van der Waals surface area (Å²) in [5.74, 6) is -0.124. The van der Waals surface area contributed by atoms with E-state index in [0.29, 0.717) is 17.0 Å². The van der Waals surface area contributed by atoms with E-state index in [1.165, 1.54) is 7.11 Å². The summed E-state index contributed by atoms with van der Waals surface area (Å²) < 4.78 is 19.1. The summed E-state index contributed by atoms with van der Waals surface area (Å²) in [5.41, 5.74) is 8.63. The van der Waals surface area contributed by atoms with Gasteiger partial charge >= 0.3 is 0 Å². The summed E-state index contributed by atoms with van der Waals surface area (Å²) in [5, 5.41) is 0.640. The number of benzene rings is 2. The predicted molar refractivity (Wildman–Crippen MR) is 79.8 cm³/mol. The number of nitrogens with two attached hydrogens (primary N) is 1. The Morgan fingerprint density at radius 2 is 2.05 bits per heavy atom. The zero-order chi connectivity index (χ0) is 14.7. The van der Waals surface area contributed by atoms with E-state index in [1.54, 1.807) is 18.2 Å². The Labute approximate surface area is 123 Å². The number of hydrogen-bond acceptors (Lipinski definition) is 2. The van der Waals surface area contributed by atoms with E-state index in [1.807, 2.05) is 25.1 Å². The van der Waals surface area contributed by atoms with Crippen molar-refractivity contribution in [3.63, 3.8) is 0 Å². The summed E-state index contributed by atoms with van der Waals surface area (Å²) in [6.07, 6.45) is 0.392. The Balaban J connectivity index is 2.25. The second-order valence-electron chi connectivity index (χ2n) is 4.81. The average Bonchev–Trinajstić information content (AvgIpc) is 2.40. The molecule has 0 aliphatic carbocycles. The van der Waals surface area contributed by atoms with Crippen molar-refractivity contribution in [2.45, 2.75) is 19.4 Å². The highest BCUT2D eigenvalue weighted by Gasteiger charge is 2.14. The molecule has 4 heteroatoms. The molecule has 0 heterocycles. The third kappa shape index (κ3) is 3.30. The van der Waals surface area contributed by atoms with Crippen molar-refractivity contribution in [1.82, 2.24) is 0 Å². The number of hydrogen-bond donors (Lipinski definition) is 1. The highest BCUT2D eigenvalue weighted by atomic mass is 35.5. The van der Waals surface area contributed by atoms with Gasteiger partial charge in [-0.1, -0.05) is 29.8 Å². The molecule has 20 heavy (non-hydrogen) atoms. The quantitative estimate of drug-likeness (QED) is 0.923. The minimum absolute atomic E-state index is 0.233. The van der Waals surface area contributed by atoms with Gasteiger partial charge in [-0.15, -0.1) is 0 Å². The van der Waals surface area contributed by atoms with E-state index in [0.717, 1.165) is 11.1 Å². The molecule has 106 valence electrons. The fourth-order valence-corrected chi connectivity index (χ4v) is 2.50. The van der Waals surface area contributed by atoms with Crippen molar-refractivity contribution in [2.75, 3.05) is 7.11 Å². The molecule has 0 saturated carbocycles. The minimum atomic E-state index is -0.357. The molecule has 2 rings (SSSR count). The van der Waals surface area contributed by atoms with E-state index in [-0.39, 0.29) is 17.6 Å². The van der Waals surface area contributed by atoms with Crippen LogP contribution in [0.3, 0.4) is 0 Å². The molecule has 0 aromatic heterocycles. The summed E-state index contributed by atoms with van der Waals surface area (Å²) >= 11 is 6.03. The highest BCUT2D eigenvalue weighted by molar-refractivity contribution is 6.30. The molecular formula is C16H17ClFNO. The highest BCUT2D eigenvalue weighted by Crippen LogP contribution is 2.26. The Morgan fingerprint density at radius 1 is 1.30 bits per heavy atom. The lowest BCUT2D eigenvalue weighted by molar-refractivity contribution is 0.383. The molecular weight excluding hydrogens is 277 g/mol. The van der Waals surface area contributed by atoms with E-state index < -0.39 is 0 Å². The molecule has 1 atom stereocenters. The van der Waals surface area contributed by atoms with Crippen LogP contribution in [0.4, 0.5) is 4.39 Å². The SMILES string of the molecule is COc1cccc(CC(N)c2cc(C)cc(Cl)c2)c1F. The predicted octanol–water partition coefficient (Wildman–Crippen LogP) is 4.04. The second kappa shape index (κ2) is 6.25. The lowest BCUT2D eigenvalue weighted by atomic mass is 9.98. The van der Waals surface area contributed by atoms with Gasteiger partial charge in [0.1, 0.15) is 0 Å². The summed E-state index contributed by atoms with van der Waals surface area (Å²) in [6.45, 7) is 1.95. The van der Waals surface area contributed by atoms with E-state index in [9.17, 15) is 4.39 Å². The van der Waals surface area contributed by atoms with Gasteiger partial charge in [0.05, 0.1) is 7.11 Å². The zero-order valence-electron chi connectivity index (χ0n) is 11.5. The van der Waals surface area contributed by atoms with Crippen molar-refractivity contribution in [3.8, 4) is 5.75 Å². The lowest BCUT2D eigenvalue weighted by Gasteiger charge is -2.15. The maximum absolute atomic E-state index is 14.1. The van der Waals surface area contributed by atoms with Crippen LogP contribution >= 0.6 is 11.6 Å². The van der Waals surface area contributed by atoms with Gasteiger partial charge in [0.15, 0.2) is 11.6 Å². The Morgan fingerprint density at radius 3 is 2.70 bits per heavy atom. The summed E-state index contributed by atoms with van der Waals surface area (Å²) in [7, 11) is 1.45.